The monoisotopic (exact) mass is 455 g/mol. The van der Waals surface area contributed by atoms with E-state index in [2.05, 4.69) is 20.6 Å². The molecular weight excluding hydrogens is 426 g/mol. The van der Waals surface area contributed by atoms with E-state index < -0.39 is 6.04 Å². The number of nitrogens with zero attached hydrogens (tertiary/aromatic N) is 1. The Morgan fingerprint density at radius 3 is 2.30 bits per heavy atom. The van der Waals surface area contributed by atoms with E-state index in [-0.39, 0.29) is 24.0 Å². The Labute approximate surface area is 191 Å². The van der Waals surface area contributed by atoms with Crippen molar-refractivity contribution in [2.45, 2.75) is 26.8 Å². The lowest BCUT2D eigenvalue weighted by Crippen LogP contribution is -2.43. The minimum Gasteiger partial charge on any atom is -0.490 e. The van der Waals surface area contributed by atoms with Crippen molar-refractivity contribution in [2.24, 2.45) is 0 Å². The number of carbonyl (C=O) groups is 2. The van der Waals surface area contributed by atoms with E-state index in [0.29, 0.717) is 47.1 Å². The summed E-state index contributed by atoms with van der Waals surface area (Å²) in [6.07, 6.45) is 0. The molecule has 33 heavy (non-hydrogen) atoms. The zero-order valence-corrected chi connectivity index (χ0v) is 19.2. The predicted octanol–water partition coefficient (Wildman–Crippen LogP) is 2.55. The van der Waals surface area contributed by atoms with Gasteiger partial charge in [-0.3, -0.25) is 14.5 Å². The van der Waals surface area contributed by atoms with Gasteiger partial charge in [0.2, 0.25) is 11.8 Å². The summed E-state index contributed by atoms with van der Waals surface area (Å²) < 4.78 is 11.1. The van der Waals surface area contributed by atoms with E-state index in [0.717, 1.165) is 0 Å². The van der Waals surface area contributed by atoms with E-state index in [9.17, 15) is 14.4 Å². The molecule has 2 amide bonds. The molecule has 0 unspecified atom stereocenters. The van der Waals surface area contributed by atoms with Crippen LogP contribution in [0.15, 0.2) is 41.2 Å². The highest BCUT2D eigenvalue weighted by atomic mass is 16.5. The second-order valence-corrected chi connectivity index (χ2v) is 7.50. The molecular formula is C23H29N5O5. The van der Waals surface area contributed by atoms with Crippen LogP contribution in [0.4, 0.5) is 11.4 Å². The van der Waals surface area contributed by atoms with Crippen LogP contribution in [-0.4, -0.2) is 59.5 Å². The molecule has 0 fully saturated rings. The van der Waals surface area contributed by atoms with Crippen molar-refractivity contribution >= 4 is 34.2 Å². The van der Waals surface area contributed by atoms with Gasteiger partial charge < -0.3 is 30.1 Å². The normalized spacial score (nSPS) is 11.9. The number of likely N-dealkylation sites (N-methyl/N-ethyl adjacent to an activating group) is 1. The van der Waals surface area contributed by atoms with Crippen LogP contribution in [0.3, 0.4) is 0 Å². The maximum atomic E-state index is 12.7. The quantitative estimate of drug-likeness (QED) is 0.372. The molecule has 2 aromatic carbocycles. The third kappa shape index (κ3) is 6.13. The number of nitrogens with one attached hydrogen (secondary N) is 4. The lowest BCUT2D eigenvalue weighted by Gasteiger charge is -2.23. The van der Waals surface area contributed by atoms with Crippen molar-refractivity contribution in [3.8, 4) is 11.5 Å². The molecule has 3 rings (SSSR count). The number of hydrogen-bond donors (Lipinski definition) is 4. The van der Waals surface area contributed by atoms with Crippen molar-refractivity contribution in [1.29, 1.82) is 0 Å². The van der Waals surface area contributed by atoms with E-state index in [1.807, 2.05) is 13.8 Å². The molecule has 0 aliphatic heterocycles. The number of rotatable bonds is 10. The summed E-state index contributed by atoms with van der Waals surface area (Å²) in [6.45, 7) is 6.46. The Bertz CT molecular complexity index is 1190. The van der Waals surface area contributed by atoms with Crippen LogP contribution in [0.25, 0.3) is 11.0 Å². The number of H-pyrrole nitrogens is 2. The molecule has 10 nitrogen and oxygen atoms in total. The van der Waals surface area contributed by atoms with Crippen LogP contribution in [0.2, 0.25) is 0 Å². The lowest BCUT2D eigenvalue weighted by molar-refractivity contribution is -0.122. The second kappa shape index (κ2) is 10.7. The number of carbonyl (C=O) groups excluding carboxylic acids is 2. The largest absolute Gasteiger partial charge is 0.490 e. The van der Waals surface area contributed by atoms with Gasteiger partial charge in [0.1, 0.15) is 0 Å². The van der Waals surface area contributed by atoms with Gasteiger partial charge in [-0.2, -0.15) is 0 Å². The van der Waals surface area contributed by atoms with Gasteiger partial charge in [0.25, 0.3) is 0 Å². The maximum Gasteiger partial charge on any atom is 0.323 e. The molecule has 1 atom stereocenters. The SMILES string of the molecule is CCOc1ccc(NC(=O)CN(C)[C@@H](C)C(=O)Nc2ccc3[nH]c(=O)[nH]c3c2)cc1OCC. The summed E-state index contributed by atoms with van der Waals surface area (Å²) in [5, 5.41) is 5.63. The number of aromatic amines is 2. The fourth-order valence-electron chi connectivity index (χ4n) is 3.25. The summed E-state index contributed by atoms with van der Waals surface area (Å²) in [5.74, 6) is 0.623. The number of anilines is 2. The molecule has 10 heteroatoms. The molecule has 0 radical (unpaired) electrons. The van der Waals surface area contributed by atoms with Crippen molar-refractivity contribution in [2.75, 3.05) is 37.4 Å². The third-order valence-corrected chi connectivity index (χ3v) is 5.04. The average molecular weight is 456 g/mol. The van der Waals surface area contributed by atoms with E-state index in [1.54, 1.807) is 55.3 Å². The van der Waals surface area contributed by atoms with Crippen LogP contribution in [0.1, 0.15) is 20.8 Å². The summed E-state index contributed by atoms with van der Waals surface area (Å²) in [4.78, 5) is 43.5. The van der Waals surface area contributed by atoms with Gasteiger partial charge in [-0.25, -0.2) is 4.79 Å². The number of aromatic nitrogens is 2. The molecule has 0 bridgehead atoms. The van der Waals surface area contributed by atoms with Gasteiger partial charge in [0.05, 0.1) is 36.8 Å². The maximum absolute atomic E-state index is 12.7. The number of fused-ring (bicyclic) bond motifs is 1. The first-order valence-electron chi connectivity index (χ1n) is 10.7. The fourth-order valence-corrected chi connectivity index (χ4v) is 3.25. The molecule has 1 heterocycles. The van der Waals surface area contributed by atoms with Crippen LogP contribution in [-0.2, 0) is 9.59 Å². The predicted molar refractivity (Wildman–Crippen MR) is 127 cm³/mol. The van der Waals surface area contributed by atoms with Gasteiger partial charge in [-0.15, -0.1) is 0 Å². The van der Waals surface area contributed by atoms with Crippen molar-refractivity contribution in [1.82, 2.24) is 14.9 Å². The van der Waals surface area contributed by atoms with Crippen LogP contribution < -0.4 is 25.8 Å². The first-order chi connectivity index (χ1) is 15.8. The summed E-state index contributed by atoms with van der Waals surface area (Å²) >= 11 is 0. The Hall–Kier alpha value is -3.79. The molecule has 0 saturated carbocycles. The highest BCUT2D eigenvalue weighted by Crippen LogP contribution is 2.30. The molecule has 4 N–H and O–H groups in total. The van der Waals surface area contributed by atoms with Crippen LogP contribution in [0, 0.1) is 0 Å². The van der Waals surface area contributed by atoms with Crippen LogP contribution >= 0.6 is 0 Å². The Kier molecular flexibility index (Phi) is 7.73. The fraction of sp³-hybridized carbons (Fsp3) is 0.348. The van der Waals surface area contributed by atoms with Gasteiger partial charge in [0, 0.05) is 17.4 Å². The molecule has 3 aromatic rings. The van der Waals surface area contributed by atoms with Crippen molar-refractivity contribution in [3.05, 3.63) is 46.9 Å². The standard InChI is InChI=1S/C23H29N5O5/c1-5-32-19-10-8-16(12-20(19)33-6-2)24-21(29)13-28(4)14(3)22(30)25-15-7-9-17-18(11-15)27-23(31)26-17/h7-12,14H,5-6,13H2,1-4H3,(H,24,29)(H,25,30)(H2,26,27,31)/t14-/m0/s1. The lowest BCUT2D eigenvalue weighted by atomic mass is 10.2. The van der Waals surface area contributed by atoms with E-state index >= 15 is 0 Å². The molecule has 0 aliphatic carbocycles. The topological polar surface area (TPSA) is 129 Å². The van der Waals surface area contributed by atoms with Gasteiger partial charge in [0.15, 0.2) is 11.5 Å². The smallest absolute Gasteiger partial charge is 0.323 e. The van der Waals surface area contributed by atoms with Gasteiger partial charge in [-0.05, 0) is 58.2 Å². The first-order valence-corrected chi connectivity index (χ1v) is 10.7. The zero-order chi connectivity index (χ0) is 24.0. The Morgan fingerprint density at radius 1 is 0.939 bits per heavy atom. The van der Waals surface area contributed by atoms with Gasteiger partial charge >= 0.3 is 5.69 Å². The Morgan fingerprint density at radius 2 is 1.58 bits per heavy atom. The first kappa shape index (κ1) is 23.9. The second-order valence-electron chi connectivity index (χ2n) is 7.50. The number of hydrogen-bond acceptors (Lipinski definition) is 6. The van der Waals surface area contributed by atoms with Crippen LogP contribution in [0.5, 0.6) is 11.5 Å². The molecule has 0 saturated heterocycles. The molecule has 1 aromatic heterocycles. The van der Waals surface area contributed by atoms with E-state index in [4.69, 9.17) is 9.47 Å². The number of imidazole rings is 1. The number of amides is 2. The van der Waals surface area contributed by atoms with Crippen molar-refractivity contribution in [3.63, 3.8) is 0 Å². The molecule has 0 aliphatic rings. The van der Waals surface area contributed by atoms with Gasteiger partial charge in [-0.1, -0.05) is 0 Å². The highest BCUT2D eigenvalue weighted by Gasteiger charge is 2.21. The number of benzene rings is 2. The van der Waals surface area contributed by atoms with Crippen molar-refractivity contribution < 1.29 is 19.1 Å². The minimum atomic E-state index is -0.573. The average Bonchev–Trinajstić information content (AvgIpc) is 3.14. The summed E-state index contributed by atoms with van der Waals surface area (Å²) in [5.41, 5.74) is 2.06. The molecule has 176 valence electrons. The minimum absolute atomic E-state index is 0.00985. The zero-order valence-electron chi connectivity index (χ0n) is 19.2. The highest BCUT2D eigenvalue weighted by molar-refractivity contribution is 5.97. The summed E-state index contributed by atoms with van der Waals surface area (Å²) in [6, 6.07) is 9.71. The van der Waals surface area contributed by atoms with E-state index in [1.165, 1.54) is 0 Å². The summed E-state index contributed by atoms with van der Waals surface area (Å²) in [7, 11) is 1.69. The molecule has 0 spiro atoms. The third-order valence-electron chi connectivity index (χ3n) is 5.04. The Balaban J connectivity index is 1.58. The number of ether oxygens (including phenoxy) is 2.